The van der Waals surface area contributed by atoms with Crippen molar-refractivity contribution in [1.82, 2.24) is 9.99 Å². The van der Waals surface area contributed by atoms with Crippen LogP contribution in [0.25, 0.3) is 0 Å². The molecule has 3 rings (SSSR count). The molecule has 0 saturated heterocycles. The average molecular weight is 387 g/mol. The van der Waals surface area contributed by atoms with E-state index in [9.17, 15) is 0 Å². The largest absolute Gasteiger partial charge is 0.494 e. The second kappa shape index (κ2) is 9.10. The Labute approximate surface area is 164 Å². The van der Waals surface area contributed by atoms with Crippen molar-refractivity contribution in [3.63, 3.8) is 0 Å². The minimum atomic E-state index is 0.662. The summed E-state index contributed by atoms with van der Waals surface area (Å²) in [5, 5.41) is 5.37. The Kier molecular flexibility index (Phi) is 6.58. The quantitative estimate of drug-likeness (QED) is 0.785. The first-order valence-corrected chi connectivity index (χ1v) is 10.0. The van der Waals surface area contributed by atoms with Crippen LogP contribution in [-0.2, 0) is 11.3 Å². The molecule has 1 aromatic heterocycles. The van der Waals surface area contributed by atoms with Gasteiger partial charge in [-0.25, -0.2) is 4.99 Å². The van der Waals surface area contributed by atoms with Crippen LogP contribution in [0.3, 0.4) is 0 Å². The van der Waals surface area contributed by atoms with Crippen LogP contribution in [0.15, 0.2) is 40.4 Å². The number of thioether (sulfide) groups is 1. The van der Waals surface area contributed by atoms with E-state index in [0.717, 1.165) is 34.6 Å². The first-order valence-electron chi connectivity index (χ1n) is 9.05. The monoisotopic (exact) mass is 386 g/mol. The lowest BCUT2D eigenvalue weighted by Gasteiger charge is -2.15. The number of methoxy groups -OCH3 is 1. The van der Waals surface area contributed by atoms with E-state index in [1.165, 1.54) is 17.0 Å². The molecule has 7 heteroatoms. The van der Waals surface area contributed by atoms with Gasteiger partial charge in [0.1, 0.15) is 5.75 Å². The highest BCUT2D eigenvalue weighted by Gasteiger charge is 2.18. The van der Waals surface area contributed by atoms with Crippen molar-refractivity contribution in [2.75, 3.05) is 26.1 Å². The molecule has 0 spiro atoms. The number of aromatic nitrogens is 1. The highest BCUT2D eigenvalue weighted by atomic mass is 32.2. The fourth-order valence-electron chi connectivity index (χ4n) is 3.03. The number of amidine groups is 1. The van der Waals surface area contributed by atoms with E-state index in [-0.39, 0.29) is 0 Å². The summed E-state index contributed by atoms with van der Waals surface area (Å²) < 4.78 is 12.9. The average Bonchev–Trinajstić information content (AvgIpc) is 2.96. The Morgan fingerprint density at radius 1 is 1.26 bits per heavy atom. The van der Waals surface area contributed by atoms with E-state index in [0.29, 0.717) is 13.2 Å². The van der Waals surface area contributed by atoms with Gasteiger partial charge in [-0.3, -0.25) is 5.43 Å². The summed E-state index contributed by atoms with van der Waals surface area (Å²) in [5.41, 5.74) is 8.64. The molecule has 0 unspecified atom stereocenters. The highest BCUT2D eigenvalue weighted by molar-refractivity contribution is 8.14. The van der Waals surface area contributed by atoms with Crippen LogP contribution in [0.4, 0.5) is 5.69 Å². The number of hydrazone groups is 1. The van der Waals surface area contributed by atoms with Crippen LogP contribution >= 0.6 is 11.8 Å². The molecule has 1 aliphatic rings. The third-order valence-corrected chi connectivity index (χ3v) is 5.29. The summed E-state index contributed by atoms with van der Waals surface area (Å²) in [6.07, 6.45) is 0. The minimum Gasteiger partial charge on any atom is -0.494 e. The third-order valence-electron chi connectivity index (χ3n) is 4.41. The van der Waals surface area contributed by atoms with E-state index < -0.39 is 0 Å². The zero-order valence-corrected chi connectivity index (χ0v) is 17.1. The van der Waals surface area contributed by atoms with Gasteiger partial charge in [0.05, 0.1) is 24.6 Å². The Balaban J connectivity index is 1.71. The Morgan fingerprint density at radius 2 is 2.04 bits per heavy atom. The van der Waals surface area contributed by atoms with Gasteiger partial charge in [-0.15, -0.1) is 0 Å². The van der Waals surface area contributed by atoms with E-state index in [4.69, 9.17) is 9.47 Å². The van der Waals surface area contributed by atoms with Crippen LogP contribution in [0.1, 0.15) is 23.9 Å². The lowest BCUT2D eigenvalue weighted by molar-refractivity contribution is 0.186. The molecule has 0 fully saturated rings. The summed E-state index contributed by atoms with van der Waals surface area (Å²) in [6.45, 7) is 8.44. The molecule has 6 nitrogen and oxygen atoms in total. The molecule has 0 atom stereocenters. The first-order chi connectivity index (χ1) is 13.1. The first kappa shape index (κ1) is 19.5. The second-order valence-corrected chi connectivity index (χ2v) is 7.20. The van der Waals surface area contributed by atoms with Gasteiger partial charge in [0.15, 0.2) is 5.17 Å². The number of hydrogen-bond acceptors (Lipinski definition) is 5. The maximum absolute atomic E-state index is 5.46. The number of nitrogens with zero attached hydrogens (tertiary/aromatic N) is 3. The van der Waals surface area contributed by atoms with E-state index >= 15 is 0 Å². The van der Waals surface area contributed by atoms with Crippen LogP contribution in [0, 0.1) is 13.8 Å². The van der Waals surface area contributed by atoms with Crippen molar-refractivity contribution in [2.45, 2.75) is 27.3 Å². The molecule has 1 N–H and O–H groups in total. The van der Waals surface area contributed by atoms with Crippen molar-refractivity contribution in [2.24, 2.45) is 10.1 Å². The number of hydrogen-bond donors (Lipinski definition) is 1. The molecular weight excluding hydrogens is 360 g/mol. The Hall–Kier alpha value is -2.25. The SMILES string of the molecule is CCOc1ccc(N=C2NN=C(c3cc(C)n(CCOC)c3C)CS2)cc1. The molecule has 1 aliphatic heterocycles. The summed E-state index contributed by atoms with van der Waals surface area (Å²) in [6, 6.07) is 9.95. The normalized spacial score (nSPS) is 15.6. The third kappa shape index (κ3) is 4.73. The van der Waals surface area contributed by atoms with Crippen LogP contribution in [0.2, 0.25) is 0 Å². The molecule has 27 heavy (non-hydrogen) atoms. The van der Waals surface area contributed by atoms with Gasteiger partial charge in [0.25, 0.3) is 0 Å². The number of rotatable bonds is 7. The van der Waals surface area contributed by atoms with E-state index in [1.54, 1.807) is 18.9 Å². The standard InChI is InChI=1S/C20H26N4O2S/c1-5-26-17-8-6-16(7-9-17)21-20-23-22-19(13-27-20)18-12-14(2)24(15(18)3)10-11-25-4/h6-9,12H,5,10-11,13H2,1-4H3,(H,21,23). The smallest absolute Gasteiger partial charge is 0.182 e. The molecule has 0 amide bonds. The molecular formula is C20H26N4O2S. The highest BCUT2D eigenvalue weighted by Crippen LogP contribution is 2.23. The maximum atomic E-state index is 5.46. The zero-order chi connectivity index (χ0) is 19.2. The van der Waals surface area contributed by atoms with Gasteiger partial charge in [0, 0.05) is 36.4 Å². The molecule has 0 bridgehead atoms. The van der Waals surface area contributed by atoms with Crippen molar-refractivity contribution in [3.8, 4) is 5.75 Å². The molecule has 0 radical (unpaired) electrons. The van der Waals surface area contributed by atoms with Crippen molar-refractivity contribution < 1.29 is 9.47 Å². The van der Waals surface area contributed by atoms with Gasteiger partial charge in [-0.05, 0) is 51.1 Å². The number of ether oxygens (including phenoxy) is 2. The van der Waals surface area contributed by atoms with Crippen molar-refractivity contribution >= 4 is 28.3 Å². The molecule has 1 aromatic carbocycles. The van der Waals surface area contributed by atoms with Crippen LogP contribution in [0.5, 0.6) is 5.75 Å². The van der Waals surface area contributed by atoms with E-state index in [1.807, 2.05) is 31.2 Å². The molecule has 144 valence electrons. The summed E-state index contributed by atoms with van der Waals surface area (Å²) >= 11 is 1.66. The van der Waals surface area contributed by atoms with Gasteiger partial charge in [-0.2, -0.15) is 5.10 Å². The fourth-order valence-corrected chi connectivity index (χ4v) is 3.81. The van der Waals surface area contributed by atoms with Crippen molar-refractivity contribution in [3.05, 3.63) is 47.3 Å². The molecule has 2 aromatic rings. The number of aryl methyl sites for hydroxylation is 1. The molecule has 0 saturated carbocycles. The summed E-state index contributed by atoms with van der Waals surface area (Å²) in [7, 11) is 1.73. The Morgan fingerprint density at radius 3 is 2.67 bits per heavy atom. The summed E-state index contributed by atoms with van der Waals surface area (Å²) in [5.74, 6) is 1.65. The molecule has 0 aliphatic carbocycles. The van der Waals surface area contributed by atoms with Crippen LogP contribution in [-0.4, -0.2) is 41.5 Å². The topological polar surface area (TPSA) is 60.1 Å². The van der Waals surface area contributed by atoms with E-state index in [2.05, 4.69) is 40.0 Å². The fraction of sp³-hybridized carbons (Fsp3) is 0.400. The lowest BCUT2D eigenvalue weighted by atomic mass is 10.1. The number of aliphatic imine (C=N–C) groups is 1. The van der Waals surface area contributed by atoms with Gasteiger partial charge in [-0.1, -0.05) is 11.8 Å². The van der Waals surface area contributed by atoms with Gasteiger partial charge >= 0.3 is 0 Å². The molecule has 2 heterocycles. The summed E-state index contributed by atoms with van der Waals surface area (Å²) in [4.78, 5) is 4.62. The minimum absolute atomic E-state index is 0.662. The number of nitrogens with one attached hydrogen (secondary N) is 1. The van der Waals surface area contributed by atoms with Gasteiger partial charge < -0.3 is 14.0 Å². The maximum Gasteiger partial charge on any atom is 0.182 e. The second-order valence-electron chi connectivity index (χ2n) is 6.23. The predicted octanol–water partition coefficient (Wildman–Crippen LogP) is 3.88. The zero-order valence-electron chi connectivity index (χ0n) is 16.3. The van der Waals surface area contributed by atoms with Gasteiger partial charge in [0.2, 0.25) is 0 Å². The van der Waals surface area contributed by atoms with Crippen LogP contribution < -0.4 is 10.2 Å². The predicted molar refractivity (Wildman–Crippen MR) is 113 cm³/mol. The Bertz CT molecular complexity index is 840. The number of benzene rings is 1. The van der Waals surface area contributed by atoms with Crippen molar-refractivity contribution in [1.29, 1.82) is 0 Å². The lowest BCUT2D eigenvalue weighted by Crippen LogP contribution is -2.25.